The number of nitrogens with zero attached hydrogens (tertiary/aromatic N) is 2. The van der Waals surface area contributed by atoms with Crippen molar-refractivity contribution in [3.05, 3.63) is 28.4 Å². The van der Waals surface area contributed by atoms with E-state index in [9.17, 15) is 4.79 Å². The van der Waals surface area contributed by atoms with Gasteiger partial charge in [-0.2, -0.15) is 0 Å². The first-order chi connectivity index (χ1) is 6.09. The van der Waals surface area contributed by atoms with Crippen molar-refractivity contribution in [1.82, 2.24) is 9.55 Å². The number of aromatic nitrogens is 2. The zero-order chi connectivity index (χ0) is 9.84. The molecule has 13 heavy (non-hydrogen) atoms. The molecule has 0 bridgehead atoms. The molecule has 1 unspecified atom stereocenters. The van der Waals surface area contributed by atoms with Gasteiger partial charge in [0.25, 0.3) is 0 Å². The second kappa shape index (κ2) is 4.18. The monoisotopic (exact) mass is 182 g/mol. The van der Waals surface area contributed by atoms with Crippen LogP contribution in [0.4, 0.5) is 0 Å². The van der Waals surface area contributed by atoms with Gasteiger partial charge >= 0.3 is 5.69 Å². The third-order valence-electron chi connectivity index (χ3n) is 1.77. The molecule has 0 amide bonds. The van der Waals surface area contributed by atoms with Gasteiger partial charge in [0.2, 0.25) is 0 Å². The van der Waals surface area contributed by atoms with Gasteiger partial charge in [-0.05, 0) is 25.8 Å². The highest BCUT2D eigenvalue weighted by Gasteiger charge is 1.99. The molecule has 0 spiro atoms. The zero-order valence-electron chi connectivity index (χ0n) is 7.90. The molecule has 1 heterocycles. The summed E-state index contributed by atoms with van der Waals surface area (Å²) in [7, 11) is 0. The third-order valence-corrected chi connectivity index (χ3v) is 1.77. The van der Waals surface area contributed by atoms with Crippen molar-refractivity contribution in [3.8, 4) is 0 Å². The van der Waals surface area contributed by atoms with E-state index in [4.69, 9.17) is 5.11 Å². The quantitative estimate of drug-likeness (QED) is 0.732. The Balaban J connectivity index is 2.76. The Bertz CT molecular complexity index is 331. The minimum Gasteiger partial charge on any atom is -0.393 e. The van der Waals surface area contributed by atoms with E-state index in [0.29, 0.717) is 13.0 Å². The molecular formula is C9H14N2O2. The summed E-state index contributed by atoms with van der Waals surface area (Å²) >= 11 is 0. The van der Waals surface area contributed by atoms with Crippen LogP contribution in [0.2, 0.25) is 0 Å². The largest absolute Gasteiger partial charge is 0.393 e. The van der Waals surface area contributed by atoms with E-state index in [1.165, 1.54) is 4.57 Å². The molecule has 72 valence electrons. The van der Waals surface area contributed by atoms with Gasteiger partial charge in [-0.1, -0.05) is 0 Å². The van der Waals surface area contributed by atoms with Gasteiger partial charge in [-0.25, -0.2) is 9.78 Å². The van der Waals surface area contributed by atoms with Gasteiger partial charge < -0.3 is 5.11 Å². The van der Waals surface area contributed by atoms with E-state index >= 15 is 0 Å². The van der Waals surface area contributed by atoms with Gasteiger partial charge in [0, 0.05) is 18.9 Å². The van der Waals surface area contributed by atoms with Gasteiger partial charge in [0.05, 0.1) is 6.10 Å². The van der Waals surface area contributed by atoms with Crippen molar-refractivity contribution in [3.63, 3.8) is 0 Å². The van der Waals surface area contributed by atoms with E-state index in [1.54, 1.807) is 19.3 Å². The van der Waals surface area contributed by atoms with Gasteiger partial charge in [0.15, 0.2) is 0 Å². The fourth-order valence-corrected chi connectivity index (χ4v) is 1.05. The minimum atomic E-state index is -0.382. The standard InChI is InChI=1S/C9H14N2O2/c1-7-5-10-9(13)11(6-7)4-3-8(2)12/h5-6,8,12H,3-4H2,1-2H3. The fourth-order valence-electron chi connectivity index (χ4n) is 1.05. The lowest BCUT2D eigenvalue weighted by Crippen LogP contribution is -2.23. The number of aliphatic hydroxyl groups excluding tert-OH is 1. The predicted molar refractivity (Wildman–Crippen MR) is 49.5 cm³/mol. The average molecular weight is 182 g/mol. The molecule has 0 aliphatic rings. The summed E-state index contributed by atoms with van der Waals surface area (Å²) in [5, 5.41) is 9.04. The highest BCUT2D eigenvalue weighted by Crippen LogP contribution is 1.94. The van der Waals surface area contributed by atoms with Crippen LogP contribution in [0.1, 0.15) is 18.9 Å². The molecule has 1 aromatic heterocycles. The molecule has 0 saturated heterocycles. The van der Waals surface area contributed by atoms with Crippen LogP contribution in [-0.4, -0.2) is 20.8 Å². The second-order valence-corrected chi connectivity index (χ2v) is 3.24. The first-order valence-corrected chi connectivity index (χ1v) is 4.31. The van der Waals surface area contributed by atoms with Crippen molar-refractivity contribution >= 4 is 0 Å². The molecule has 1 atom stereocenters. The maximum Gasteiger partial charge on any atom is 0.347 e. The predicted octanol–water partition coefficient (Wildman–Crippen LogP) is 0.323. The van der Waals surface area contributed by atoms with Crippen molar-refractivity contribution in [1.29, 1.82) is 0 Å². The topological polar surface area (TPSA) is 55.1 Å². The normalized spacial score (nSPS) is 12.8. The minimum absolute atomic E-state index is 0.258. The maximum absolute atomic E-state index is 11.2. The van der Waals surface area contributed by atoms with E-state index in [2.05, 4.69) is 4.98 Å². The van der Waals surface area contributed by atoms with Gasteiger partial charge in [-0.15, -0.1) is 0 Å². The van der Waals surface area contributed by atoms with Crippen molar-refractivity contribution in [2.45, 2.75) is 32.9 Å². The SMILES string of the molecule is Cc1cnc(=O)n(CCC(C)O)c1. The Morgan fingerprint density at radius 2 is 2.38 bits per heavy atom. The summed E-state index contributed by atoms with van der Waals surface area (Å²) in [5.41, 5.74) is 0.691. The Morgan fingerprint density at radius 1 is 1.69 bits per heavy atom. The van der Waals surface area contributed by atoms with E-state index in [1.807, 2.05) is 6.92 Å². The van der Waals surface area contributed by atoms with E-state index < -0.39 is 0 Å². The van der Waals surface area contributed by atoms with Crippen LogP contribution in [0.25, 0.3) is 0 Å². The highest BCUT2D eigenvalue weighted by molar-refractivity contribution is 4.99. The van der Waals surface area contributed by atoms with Crippen molar-refractivity contribution in [2.24, 2.45) is 0 Å². The van der Waals surface area contributed by atoms with Crippen LogP contribution in [0, 0.1) is 6.92 Å². The summed E-state index contributed by atoms with van der Waals surface area (Å²) in [6, 6.07) is 0. The van der Waals surface area contributed by atoms with Crippen molar-refractivity contribution < 1.29 is 5.11 Å². The maximum atomic E-state index is 11.2. The number of aryl methyl sites for hydroxylation is 2. The van der Waals surface area contributed by atoms with Crippen LogP contribution < -0.4 is 5.69 Å². The van der Waals surface area contributed by atoms with Crippen LogP contribution in [0.3, 0.4) is 0 Å². The number of hydrogen-bond donors (Lipinski definition) is 1. The Labute approximate surface area is 76.9 Å². The molecule has 0 fully saturated rings. The molecule has 0 aliphatic heterocycles. The third kappa shape index (κ3) is 2.99. The molecule has 1 rings (SSSR count). The Kier molecular flexibility index (Phi) is 3.19. The fraction of sp³-hybridized carbons (Fsp3) is 0.556. The van der Waals surface area contributed by atoms with Crippen LogP contribution >= 0.6 is 0 Å². The highest BCUT2D eigenvalue weighted by atomic mass is 16.3. The van der Waals surface area contributed by atoms with Gasteiger partial charge in [-0.3, -0.25) is 4.57 Å². The molecule has 4 nitrogen and oxygen atoms in total. The molecular weight excluding hydrogens is 168 g/mol. The van der Waals surface area contributed by atoms with Crippen LogP contribution in [0.15, 0.2) is 17.2 Å². The zero-order valence-corrected chi connectivity index (χ0v) is 7.90. The summed E-state index contributed by atoms with van der Waals surface area (Å²) in [6.45, 7) is 4.10. The molecule has 1 N–H and O–H groups in total. The smallest absolute Gasteiger partial charge is 0.347 e. The average Bonchev–Trinajstić information content (AvgIpc) is 2.06. The van der Waals surface area contributed by atoms with Crippen molar-refractivity contribution in [2.75, 3.05) is 0 Å². The van der Waals surface area contributed by atoms with E-state index in [-0.39, 0.29) is 11.8 Å². The van der Waals surface area contributed by atoms with Gasteiger partial charge in [0.1, 0.15) is 0 Å². The lowest BCUT2D eigenvalue weighted by atomic mass is 10.3. The van der Waals surface area contributed by atoms with Crippen LogP contribution in [0.5, 0.6) is 0 Å². The lowest BCUT2D eigenvalue weighted by Gasteiger charge is -2.06. The summed E-state index contributed by atoms with van der Waals surface area (Å²) < 4.78 is 1.52. The van der Waals surface area contributed by atoms with E-state index in [0.717, 1.165) is 5.56 Å². The molecule has 1 aromatic rings. The molecule has 4 heteroatoms. The summed E-state index contributed by atoms with van der Waals surface area (Å²) in [5.74, 6) is 0. The molecule has 0 radical (unpaired) electrons. The lowest BCUT2D eigenvalue weighted by molar-refractivity contribution is 0.177. The number of rotatable bonds is 3. The Morgan fingerprint density at radius 3 is 3.00 bits per heavy atom. The summed E-state index contributed by atoms with van der Waals surface area (Å²) in [6.07, 6.45) is 3.48. The molecule has 0 saturated carbocycles. The Hall–Kier alpha value is -1.16. The second-order valence-electron chi connectivity index (χ2n) is 3.24. The summed E-state index contributed by atoms with van der Waals surface area (Å²) in [4.78, 5) is 14.8. The molecule has 0 aromatic carbocycles. The first kappa shape index (κ1) is 9.92. The van der Waals surface area contributed by atoms with Crippen LogP contribution in [-0.2, 0) is 6.54 Å². The number of aliphatic hydroxyl groups is 1. The first-order valence-electron chi connectivity index (χ1n) is 4.31. The number of hydrogen-bond acceptors (Lipinski definition) is 3. The molecule has 0 aliphatic carbocycles.